The van der Waals surface area contributed by atoms with E-state index in [1.54, 1.807) is 0 Å². The van der Waals surface area contributed by atoms with E-state index >= 15 is 0 Å². The second kappa shape index (κ2) is 7.39. The number of hydrogen-bond donors (Lipinski definition) is 1. The number of nitrogens with two attached hydrogens (primary N) is 1. The minimum Gasteiger partial charge on any atom is -0.399 e. The van der Waals surface area contributed by atoms with Crippen LogP contribution in [0.2, 0.25) is 0 Å². The predicted molar refractivity (Wildman–Crippen MR) is 83.6 cm³/mol. The zero-order valence-corrected chi connectivity index (χ0v) is 12.1. The number of hydrogen-bond acceptors (Lipinski definition) is 3. The third kappa shape index (κ3) is 4.43. The highest BCUT2D eigenvalue weighted by Gasteiger charge is 2.16. The van der Waals surface area contributed by atoms with Gasteiger partial charge in [0.05, 0.1) is 0 Å². The lowest BCUT2D eigenvalue weighted by Crippen LogP contribution is -2.46. The molecule has 3 heteroatoms. The van der Waals surface area contributed by atoms with Gasteiger partial charge in [0.2, 0.25) is 0 Å². The van der Waals surface area contributed by atoms with Crippen molar-refractivity contribution in [2.45, 2.75) is 32.6 Å². The lowest BCUT2D eigenvalue weighted by molar-refractivity contribution is 0.252. The van der Waals surface area contributed by atoms with Crippen molar-refractivity contribution < 1.29 is 0 Å². The van der Waals surface area contributed by atoms with Gasteiger partial charge in [0.15, 0.2) is 0 Å². The molecule has 0 amide bonds. The Morgan fingerprint density at radius 3 is 2.53 bits per heavy atom. The maximum atomic E-state index is 5.85. The van der Waals surface area contributed by atoms with Crippen molar-refractivity contribution in [3.05, 3.63) is 24.3 Å². The Labute approximate surface area is 117 Å². The minimum atomic E-state index is 0.861. The molecule has 0 aliphatic carbocycles. The van der Waals surface area contributed by atoms with Crippen LogP contribution >= 0.6 is 0 Å². The van der Waals surface area contributed by atoms with Gasteiger partial charge in [0.25, 0.3) is 0 Å². The van der Waals surface area contributed by atoms with Crippen LogP contribution in [0.15, 0.2) is 24.3 Å². The summed E-state index contributed by atoms with van der Waals surface area (Å²) in [4.78, 5) is 5.04. The van der Waals surface area contributed by atoms with Gasteiger partial charge in [-0.3, -0.25) is 4.90 Å². The number of nitrogen functional groups attached to an aromatic ring is 1. The van der Waals surface area contributed by atoms with Crippen molar-refractivity contribution >= 4 is 11.4 Å². The van der Waals surface area contributed by atoms with Gasteiger partial charge in [-0.25, -0.2) is 0 Å². The van der Waals surface area contributed by atoms with Crippen molar-refractivity contribution in [2.75, 3.05) is 43.4 Å². The Hall–Kier alpha value is -1.22. The maximum absolute atomic E-state index is 5.85. The Morgan fingerprint density at radius 1 is 1.05 bits per heavy atom. The van der Waals surface area contributed by atoms with Crippen LogP contribution in [0.4, 0.5) is 11.4 Å². The molecule has 2 N–H and O–H groups in total. The van der Waals surface area contributed by atoms with Crippen LogP contribution in [0.3, 0.4) is 0 Å². The SMILES string of the molecule is CCCCCCN1CCN(c2cccc(N)c2)CC1. The molecule has 0 atom stereocenters. The molecule has 3 nitrogen and oxygen atoms in total. The van der Waals surface area contributed by atoms with Crippen LogP contribution < -0.4 is 10.6 Å². The van der Waals surface area contributed by atoms with E-state index in [-0.39, 0.29) is 0 Å². The summed E-state index contributed by atoms with van der Waals surface area (Å²) in [6, 6.07) is 8.24. The van der Waals surface area contributed by atoms with Crippen molar-refractivity contribution in [3.8, 4) is 0 Å². The third-order valence-corrected chi connectivity index (χ3v) is 3.94. The normalized spacial score (nSPS) is 16.8. The highest BCUT2D eigenvalue weighted by atomic mass is 15.3. The van der Waals surface area contributed by atoms with Gasteiger partial charge < -0.3 is 10.6 Å². The average Bonchev–Trinajstić information content (AvgIpc) is 2.44. The van der Waals surface area contributed by atoms with E-state index < -0.39 is 0 Å². The van der Waals surface area contributed by atoms with E-state index in [1.165, 1.54) is 51.0 Å². The van der Waals surface area contributed by atoms with Crippen LogP contribution in [0.1, 0.15) is 32.6 Å². The highest BCUT2D eigenvalue weighted by molar-refractivity contribution is 5.56. The third-order valence-electron chi connectivity index (χ3n) is 3.94. The van der Waals surface area contributed by atoms with E-state index in [4.69, 9.17) is 5.73 Å². The first-order valence-electron chi connectivity index (χ1n) is 7.62. The first kappa shape index (κ1) is 14.2. The van der Waals surface area contributed by atoms with Crippen LogP contribution in [0, 0.1) is 0 Å². The molecule has 0 unspecified atom stereocenters. The standard InChI is InChI=1S/C16H27N3/c1-2-3-4-5-9-18-10-12-19(13-11-18)16-8-6-7-15(17)14-16/h6-8,14H,2-5,9-13,17H2,1H3. The zero-order valence-electron chi connectivity index (χ0n) is 12.1. The van der Waals surface area contributed by atoms with Gasteiger partial charge in [0, 0.05) is 37.6 Å². The molecular formula is C16H27N3. The summed E-state index contributed by atoms with van der Waals surface area (Å²) in [6.45, 7) is 8.14. The largest absolute Gasteiger partial charge is 0.399 e. The van der Waals surface area contributed by atoms with Crippen molar-refractivity contribution in [2.24, 2.45) is 0 Å². The summed E-state index contributed by atoms with van der Waals surface area (Å²) in [5, 5.41) is 0. The first-order chi connectivity index (χ1) is 9.29. The molecule has 19 heavy (non-hydrogen) atoms. The average molecular weight is 261 g/mol. The molecule has 0 bridgehead atoms. The highest BCUT2D eigenvalue weighted by Crippen LogP contribution is 2.19. The van der Waals surface area contributed by atoms with E-state index in [2.05, 4.69) is 28.9 Å². The van der Waals surface area contributed by atoms with Gasteiger partial charge in [-0.05, 0) is 31.2 Å². The maximum Gasteiger partial charge on any atom is 0.0387 e. The lowest BCUT2D eigenvalue weighted by Gasteiger charge is -2.36. The summed E-state index contributed by atoms with van der Waals surface area (Å²) in [6.07, 6.45) is 5.44. The van der Waals surface area contributed by atoms with Crippen molar-refractivity contribution in [1.29, 1.82) is 0 Å². The van der Waals surface area contributed by atoms with Gasteiger partial charge >= 0.3 is 0 Å². The Bertz CT molecular complexity index is 370. The Morgan fingerprint density at radius 2 is 1.84 bits per heavy atom. The molecule has 1 fully saturated rings. The fourth-order valence-electron chi connectivity index (χ4n) is 2.71. The van der Waals surface area contributed by atoms with Gasteiger partial charge in [0.1, 0.15) is 0 Å². The molecule has 106 valence electrons. The smallest absolute Gasteiger partial charge is 0.0387 e. The predicted octanol–water partition coefficient (Wildman–Crippen LogP) is 2.97. The summed E-state index contributed by atoms with van der Waals surface area (Å²) in [7, 11) is 0. The first-order valence-corrected chi connectivity index (χ1v) is 7.62. The Balaban J connectivity index is 1.73. The minimum absolute atomic E-state index is 0.861. The summed E-state index contributed by atoms with van der Waals surface area (Å²) >= 11 is 0. The topological polar surface area (TPSA) is 32.5 Å². The molecule has 1 aromatic rings. The quantitative estimate of drug-likeness (QED) is 0.631. The molecule has 0 radical (unpaired) electrons. The second-order valence-electron chi connectivity index (χ2n) is 5.48. The van der Waals surface area contributed by atoms with Crippen molar-refractivity contribution in [3.63, 3.8) is 0 Å². The summed E-state index contributed by atoms with van der Waals surface area (Å²) < 4.78 is 0. The van der Waals surface area contributed by atoms with E-state index in [0.717, 1.165) is 18.8 Å². The molecule has 1 aliphatic rings. The molecule has 0 saturated carbocycles. The van der Waals surface area contributed by atoms with E-state index in [0.29, 0.717) is 0 Å². The van der Waals surface area contributed by atoms with Crippen LogP contribution in [-0.2, 0) is 0 Å². The van der Waals surface area contributed by atoms with Gasteiger partial charge in [-0.1, -0.05) is 32.3 Å². The summed E-state index contributed by atoms with van der Waals surface area (Å²) in [5.41, 5.74) is 7.98. The number of anilines is 2. The second-order valence-corrected chi connectivity index (χ2v) is 5.48. The molecule has 1 heterocycles. The molecule has 1 saturated heterocycles. The summed E-state index contributed by atoms with van der Waals surface area (Å²) in [5.74, 6) is 0. The number of unbranched alkanes of at least 4 members (excludes halogenated alkanes) is 3. The van der Waals surface area contributed by atoms with Gasteiger partial charge in [-0.2, -0.15) is 0 Å². The molecule has 1 aromatic carbocycles. The monoisotopic (exact) mass is 261 g/mol. The molecular weight excluding hydrogens is 234 g/mol. The van der Waals surface area contributed by atoms with Crippen LogP contribution in [0.5, 0.6) is 0 Å². The van der Waals surface area contributed by atoms with Crippen LogP contribution in [-0.4, -0.2) is 37.6 Å². The fourth-order valence-corrected chi connectivity index (χ4v) is 2.71. The fraction of sp³-hybridized carbons (Fsp3) is 0.625. The molecule has 1 aliphatic heterocycles. The Kier molecular flexibility index (Phi) is 5.52. The lowest BCUT2D eigenvalue weighted by atomic mass is 10.2. The molecule has 2 rings (SSSR count). The van der Waals surface area contributed by atoms with Crippen LogP contribution in [0.25, 0.3) is 0 Å². The van der Waals surface area contributed by atoms with Crippen molar-refractivity contribution in [1.82, 2.24) is 4.90 Å². The number of nitrogens with zero attached hydrogens (tertiary/aromatic N) is 2. The van der Waals surface area contributed by atoms with Gasteiger partial charge in [-0.15, -0.1) is 0 Å². The number of benzene rings is 1. The number of piperazine rings is 1. The van der Waals surface area contributed by atoms with E-state index in [9.17, 15) is 0 Å². The molecule has 0 spiro atoms. The molecule has 0 aromatic heterocycles. The van der Waals surface area contributed by atoms with E-state index in [1.807, 2.05) is 12.1 Å². The zero-order chi connectivity index (χ0) is 13.5. The number of rotatable bonds is 6.